The van der Waals surface area contributed by atoms with Crippen LogP contribution in [0.3, 0.4) is 0 Å². The standard InChI is InChI=1S/C16H22FN3O2/c1-11-9-18-6-5-14(11)20-16(22)10-19-15(21)8-12-3-2-4-13(17)7-12/h2-4,7,11,14,18H,5-6,8-10H2,1H3,(H,19,21)(H,20,22). The number of benzene rings is 1. The molecule has 1 aromatic carbocycles. The molecule has 0 saturated carbocycles. The van der Waals surface area contributed by atoms with Crippen LogP contribution in [0.5, 0.6) is 0 Å². The van der Waals surface area contributed by atoms with Gasteiger partial charge in [0.15, 0.2) is 0 Å². The van der Waals surface area contributed by atoms with Crippen LogP contribution in [-0.4, -0.2) is 37.5 Å². The van der Waals surface area contributed by atoms with Gasteiger partial charge in [-0.05, 0) is 43.1 Å². The number of carbonyl (C=O) groups excluding carboxylic acids is 2. The van der Waals surface area contributed by atoms with Crippen molar-refractivity contribution in [2.24, 2.45) is 5.92 Å². The van der Waals surface area contributed by atoms with Crippen molar-refractivity contribution in [1.29, 1.82) is 0 Å². The minimum atomic E-state index is -0.372. The highest BCUT2D eigenvalue weighted by atomic mass is 19.1. The van der Waals surface area contributed by atoms with Crippen molar-refractivity contribution in [3.8, 4) is 0 Å². The first-order chi connectivity index (χ1) is 10.5. The van der Waals surface area contributed by atoms with Gasteiger partial charge in [-0.1, -0.05) is 19.1 Å². The molecule has 0 radical (unpaired) electrons. The third-order valence-corrected chi connectivity index (χ3v) is 3.83. The van der Waals surface area contributed by atoms with Crippen LogP contribution in [-0.2, 0) is 16.0 Å². The molecule has 2 unspecified atom stereocenters. The molecule has 0 spiro atoms. The second-order valence-electron chi connectivity index (χ2n) is 5.73. The van der Waals surface area contributed by atoms with E-state index in [-0.39, 0.29) is 36.6 Å². The molecule has 1 heterocycles. The molecule has 1 aliphatic rings. The zero-order chi connectivity index (χ0) is 15.9. The van der Waals surface area contributed by atoms with Gasteiger partial charge in [-0.3, -0.25) is 9.59 Å². The monoisotopic (exact) mass is 307 g/mol. The molecular formula is C16H22FN3O2. The van der Waals surface area contributed by atoms with Gasteiger partial charge >= 0.3 is 0 Å². The molecule has 1 saturated heterocycles. The summed E-state index contributed by atoms with van der Waals surface area (Å²) in [6.45, 7) is 3.81. The summed E-state index contributed by atoms with van der Waals surface area (Å²) < 4.78 is 13.0. The number of rotatable bonds is 5. The molecule has 1 aliphatic heterocycles. The predicted molar refractivity (Wildman–Crippen MR) is 81.7 cm³/mol. The van der Waals surface area contributed by atoms with Gasteiger partial charge in [0.1, 0.15) is 5.82 Å². The zero-order valence-electron chi connectivity index (χ0n) is 12.7. The molecule has 1 fully saturated rings. The number of hydrogen-bond donors (Lipinski definition) is 3. The maximum atomic E-state index is 13.0. The zero-order valence-corrected chi connectivity index (χ0v) is 12.7. The van der Waals surface area contributed by atoms with E-state index in [4.69, 9.17) is 0 Å². The Hall–Kier alpha value is -1.95. The van der Waals surface area contributed by atoms with Crippen LogP contribution < -0.4 is 16.0 Å². The summed E-state index contributed by atoms with van der Waals surface area (Å²) in [4.78, 5) is 23.6. The fourth-order valence-electron chi connectivity index (χ4n) is 2.56. The first kappa shape index (κ1) is 16.4. The van der Waals surface area contributed by atoms with Crippen molar-refractivity contribution in [2.45, 2.75) is 25.8 Å². The molecule has 5 nitrogen and oxygen atoms in total. The fourth-order valence-corrected chi connectivity index (χ4v) is 2.56. The summed E-state index contributed by atoms with van der Waals surface area (Å²) in [5.74, 6) is -0.478. The van der Waals surface area contributed by atoms with Gasteiger partial charge in [-0.2, -0.15) is 0 Å². The van der Waals surface area contributed by atoms with E-state index in [1.54, 1.807) is 12.1 Å². The molecule has 0 aromatic heterocycles. The molecule has 22 heavy (non-hydrogen) atoms. The first-order valence-corrected chi connectivity index (χ1v) is 7.56. The molecule has 0 bridgehead atoms. The van der Waals surface area contributed by atoms with E-state index in [0.717, 1.165) is 19.5 Å². The fraction of sp³-hybridized carbons (Fsp3) is 0.500. The average Bonchev–Trinajstić information content (AvgIpc) is 2.48. The lowest BCUT2D eigenvalue weighted by Gasteiger charge is -2.30. The Bertz CT molecular complexity index is 536. The van der Waals surface area contributed by atoms with Crippen LogP contribution in [0.25, 0.3) is 0 Å². The SMILES string of the molecule is CC1CNCCC1NC(=O)CNC(=O)Cc1cccc(F)c1. The highest BCUT2D eigenvalue weighted by molar-refractivity contribution is 5.85. The Morgan fingerprint density at radius 1 is 1.36 bits per heavy atom. The van der Waals surface area contributed by atoms with Crippen molar-refractivity contribution < 1.29 is 14.0 Å². The van der Waals surface area contributed by atoms with E-state index in [1.165, 1.54) is 12.1 Å². The van der Waals surface area contributed by atoms with Crippen LogP contribution in [0.2, 0.25) is 0 Å². The summed E-state index contributed by atoms with van der Waals surface area (Å²) in [7, 11) is 0. The van der Waals surface area contributed by atoms with Gasteiger partial charge in [0, 0.05) is 6.04 Å². The quantitative estimate of drug-likeness (QED) is 0.746. The Morgan fingerprint density at radius 2 is 2.18 bits per heavy atom. The Labute approximate surface area is 129 Å². The molecular weight excluding hydrogens is 285 g/mol. The number of hydrogen-bond acceptors (Lipinski definition) is 3. The van der Waals surface area contributed by atoms with Crippen molar-refractivity contribution >= 4 is 11.8 Å². The topological polar surface area (TPSA) is 70.2 Å². The molecule has 2 rings (SSSR count). The number of nitrogens with one attached hydrogen (secondary N) is 3. The lowest BCUT2D eigenvalue weighted by molar-refractivity contribution is -0.126. The second kappa shape index (κ2) is 7.89. The summed E-state index contributed by atoms with van der Waals surface area (Å²) in [6, 6.07) is 6.03. The molecule has 0 aliphatic carbocycles. The van der Waals surface area contributed by atoms with Crippen LogP contribution in [0.4, 0.5) is 4.39 Å². The van der Waals surface area contributed by atoms with Crippen molar-refractivity contribution in [3.63, 3.8) is 0 Å². The smallest absolute Gasteiger partial charge is 0.239 e. The average molecular weight is 307 g/mol. The number of carbonyl (C=O) groups is 2. The van der Waals surface area contributed by atoms with Gasteiger partial charge in [-0.25, -0.2) is 4.39 Å². The highest BCUT2D eigenvalue weighted by Crippen LogP contribution is 2.09. The highest BCUT2D eigenvalue weighted by Gasteiger charge is 2.22. The molecule has 2 atom stereocenters. The van der Waals surface area contributed by atoms with E-state index in [1.807, 2.05) is 0 Å². The summed E-state index contributed by atoms with van der Waals surface area (Å²) in [5.41, 5.74) is 0.588. The molecule has 2 amide bonds. The molecule has 3 N–H and O–H groups in total. The number of amides is 2. The lowest BCUT2D eigenvalue weighted by atomic mass is 9.95. The van der Waals surface area contributed by atoms with Crippen LogP contribution in [0, 0.1) is 11.7 Å². The number of halogens is 1. The van der Waals surface area contributed by atoms with E-state index in [2.05, 4.69) is 22.9 Å². The van der Waals surface area contributed by atoms with E-state index in [9.17, 15) is 14.0 Å². The molecule has 120 valence electrons. The summed E-state index contributed by atoms with van der Waals surface area (Å²) in [6.07, 6.45) is 0.957. The Morgan fingerprint density at radius 3 is 2.91 bits per heavy atom. The maximum Gasteiger partial charge on any atom is 0.239 e. The largest absolute Gasteiger partial charge is 0.351 e. The van der Waals surface area contributed by atoms with Crippen LogP contribution in [0.15, 0.2) is 24.3 Å². The van der Waals surface area contributed by atoms with Crippen molar-refractivity contribution in [1.82, 2.24) is 16.0 Å². The first-order valence-electron chi connectivity index (χ1n) is 7.56. The number of piperidine rings is 1. The summed E-state index contributed by atoms with van der Waals surface area (Å²) in [5, 5.41) is 8.78. The van der Waals surface area contributed by atoms with Crippen molar-refractivity contribution in [3.05, 3.63) is 35.6 Å². The van der Waals surface area contributed by atoms with Gasteiger partial charge in [-0.15, -0.1) is 0 Å². The van der Waals surface area contributed by atoms with E-state index in [0.29, 0.717) is 11.5 Å². The van der Waals surface area contributed by atoms with Crippen molar-refractivity contribution in [2.75, 3.05) is 19.6 Å². The molecule has 6 heteroatoms. The Kier molecular flexibility index (Phi) is 5.89. The van der Waals surface area contributed by atoms with Gasteiger partial charge in [0.25, 0.3) is 0 Å². The third-order valence-electron chi connectivity index (χ3n) is 3.83. The van der Waals surface area contributed by atoms with Crippen LogP contribution in [0.1, 0.15) is 18.9 Å². The van der Waals surface area contributed by atoms with Gasteiger partial charge in [0.2, 0.25) is 11.8 Å². The summed E-state index contributed by atoms with van der Waals surface area (Å²) >= 11 is 0. The second-order valence-corrected chi connectivity index (χ2v) is 5.73. The van der Waals surface area contributed by atoms with E-state index < -0.39 is 0 Å². The molecule has 1 aromatic rings. The van der Waals surface area contributed by atoms with Crippen LogP contribution >= 0.6 is 0 Å². The third kappa shape index (κ3) is 5.11. The lowest BCUT2D eigenvalue weighted by Crippen LogP contribution is -2.50. The minimum Gasteiger partial charge on any atom is -0.351 e. The Balaban J connectivity index is 1.72. The minimum absolute atomic E-state index is 0.0508. The maximum absolute atomic E-state index is 13.0. The normalized spacial score (nSPS) is 21.2. The predicted octanol–water partition coefficient (Wildman–Crippen LogP) is 0.599. The van der Waals surface area contributed by atoms with Gasteiger partial charge in [0.05, 0.1) is 13.0 Å². The van der Waals surface area contributed by atoms with Gasteiger partial charge < -0.3 is 16.0 Å². The van der Waals surface area contributed by atoms with E-state index >= 15 is 0 Å².